The number of hydrogen-bond acceptors (Lipinski definition) is 4. The molecule has 1 aromatic rings. The molecule has 1 N–H and O–H groups in total. The van der Waals surface area contributed by atoms with Crippen molar-refractivity contribution < 1.29 is 26.4 Å². The second-order valence-corrected chi connectivity index (χ2v) is 8.04. The van der Waals surface area contributed by atoms with Gasteiger partial charge in [-0.3, -0.25) is 4.84 Å². The van der Waals surface area contributed by atoms with Crippen LogP contribution in [-0.4, -0.2) is 21.2 Å². The molecule has 98 valence electrons. The molecule has 0 spiro atoms. The molecule has 1 rings (SSSR count). The van der Waals surface area contributed by atoms with E-state index in [2.05, 4.69) is 36.7 Å². The van der Waals surface area contributed by atoms with Gasteiger partial charge < -0.3 is 0 Å². The van der Waals surface area contributed by atoms with Crippen LogP contribution in [0.4, 0.5) is 13.2 Å². The summed E-state index contributed by atoms with van der Waals surface area (Å²) in [6.45, 7) is -1.70. The highest BCUT2D eigenvalue weighted by atomic mass is 79.9. The Morgan fingerprint density at radius 3 is 2.41 bits per heavy atom. The van der Waals surface area contributed by atoms with E-state index >= 15 is 0 Å². The van der Waals surface area contributed by atoms with Crippen LogP contribution in [0.5, 0.6) is 0 Å². The standard InChI is InChI=1S/C6H4Br2F3NO3S2/c7-4-1-3(5(8)16-4)17(13,14)12-15-2-6(9,10)11/h1,12H,2H2. The van der Waals surface area contributed by atoms with Crippen LogP contribution in [0.1, 0.15) is 0 Å². The third kappa shape index (κ3) is 4.83. The SMILES string of the molecule is O=S(=O)(NOCC(F)(F)F)c1cc(Br)sc1Br. The van der Waals surface area contributed by atoms with Crippen LogP contribution in [0.15, 0.2) is 18.5 Å². The van der Waals surface area contributed by atoms with E-state index in [1.54, 1.807) is 0 Å². The fourth-order valence-electron chi connectivity index (χ4n) is 0.742. The highest BCUT2D eigenvalue weighted by Gasteiger charge is 2.29. The molecule has 1 heterocycles. The molecule has 1 aromatic heterocycles. The molecule has 0 amide bonds. The van der Waals surface area contributed by atoms with Crippen molar-refractivity contribution in [2.75, 3.05) is 6.61 Å². The first kappa shape index (κ1) is 15.4. The van der Waals surface area contributed by atoms with Gasteiger partial charge in [0.2, 0.25) is 0 Å². The zero-order valence-electron chi connectivity index (χ0n) is 7.72. The van der Waals surface area contributed by atoms with E-state index in [9.17, 15) is 21.6 Å². The molecule has 0 unspecified atom stereocenters. The highest BCUT2D eigenvalue weighted by Crippen LogP contribution is 2.34. The Hall–Kier alpha value is 0.320. The van der Waals surface area contributed by atoms with E-state index in [0.717, 1.165) is 11.3 Å². The lowest BCUT2D eigenvalue weighted by atomic mass is 10.7. The molecular formula is C6H4Br2F3NO3S2. The van der Waals surface area contributed by atoms with Gasteiger partial charge >= 0.3 is 6.18 Å². The van der Waals surface area contributed by atoms with Gasteiger partial charge in [0.05, 0.1) is 7.57 Å². The van der Waals surface area contributed by atoms with Crippen LogP contribution in [0.2, 0.25) is 0 Å². The van der Waals surface area contributed by atoms with Crippen LogP contribution in [0.3, 0.4) is 0 Å². The first-order valence-corrected chi connectivity index (χ1v) is 7.65. The van der Waals surface area contributed by atoms with Crippen molar-refractivity contribution in [2.45, 2.75) is 11.1 Å². The zero-order chi connectivity index (χ0) is 13.3. The van der Waals surface area contributed by atoms with E-state index in [0.29, 0.717) is 3.79 Å². The summed E-state index contributed by atoms with van der Waals surface area (Å²) in [5.41, 5.74) is 0. The fourth-order valence-corrected chi connectivity index (χ4v) is 5.36. The summed E-state index contributed by atoms with van der Waals surface area (Å²) in [6, 6.07) is 1.24. The second kappa shape index (κ2) is 5.53. The molecule has 0 bridgehead atoms. The molecule has 0 saturated heterocycles. The fraction of sp³-hybridized carbons (Fsp3) is 0.333. The van der Waals surface area contributed by atoms with Gasteiger partial charge in [-0.1, -0.05) is 4.89 Å². The monoisotopic (exact) mass is 417 g/mol. The van der Waals surface area contributed by atoms with E-state index in [1.807, 2.05) is 0 Å². The summed E-state index contributed by atoms with van der Waals surface area (Å²) in [6.07, 6.45) is -4.60. The van der Waals surface area contributed by atoms with Gasteiger partial charge in [0.15, 0.2) is 6.61 Å². The molecule has 0 atom stereocenters. The van der Waals surface area contributed by atoms with E-state index in [1.165, 1.54) is 11.0 Å². The number of nitrogens with one attached hydrogen (secondary N) is 1. The first-order valence-electron chi connectivity index (χ1n) is 3.77. The Balaban J connectivity index is 2.73. The van der Waals surface area contributed by atoms with Gasteiger partial charge in [-0.2, -0.15) is 13.2 Å². The maximum absolute atomic E-state index is 11.7. The molecule has 0 fully saturated rings. The molecule has 11 heteroatoms. The molecule has 0 aliphatic rings. The predicted molar refractivity (Wildman–Crippen MR) is 62.0 cm³/mol. The molecule has 0 saturated carbocycles. The Morgan fingerprint density at radius 1 is 1.41 bits per heavy atom. The molecule has 0 aliphatic heterocycles. The highest BCUT2D eigenvalue weighted by molar-refractivity contribution is 9.12. The Bertz CT molecular complexity index is 499. The minimum Gasteiger partial charge on any atom is -0.277 e. The molecule has 0 radical (unpaired) electrons. The number of hydrogen-bond donors (Lipinski definition) is 1. The van der Waals surface area contributed by atoms with Gasteiger partial charge in [-0.25, -0.2) is 8.42 Å². The average molecular weight is 419 g/mol. The normalized spacial score (nSPS) is 13.0. The van der Waals surface area contributed by atoms with Crippen molar-refractivity contribution in [3.63, 3.8) is 0 Å². The largest absolute Gasteiger partial charge is 0.413 e. The van der Waals surface area contributed by atoms with Gasteiger partial charge in [0.1, 0.15) is 4.90 Å². The molecule has 0 aromatic carbocycles. The van der Waals surface area contributed by atoms with Gasteiger partial charge in [0.25, 0.3) is 10.0 Å². The third-order valence-corrected chi connectivity index (χ3v) is 5.29. The van der Waals surface area contributed by atoms with Crippen molar-refractivity contribution in [3.8, 4) is 0 Å². The van der Waals surface area contributed by atoms with E-state index in [4.69, 9.17) is 0 Å². The summed E-state index contributed by atoms with van der Waals surface area (Å²) in [7, 11) is -4.13. The Kier molecular flexibility index (Phi) is 5.00. The Labute approximate surface area is 115 Å². The quantitative estimate of drug-likeness (QED) is 0.764. The van der Waals surface area contributed by atoms with Crippen molar-refractivity contribution in [1.29, 1.82) is 0 Å². The van der Waals surface area contributed by atoms with Crippen molar-refractivity contribution in [1.82, 2.24) is 4.89 Å². The van der Waals surface area contributed by atoms with Gasteiger partial charge in [-0.15, -0.1) is 11.3 Å². The maximum Gasteiger partial charge on any atom is 0.413 e. The zero-order valence-corrected chi connectivity index (χ0v) is 12.5. The van der Waals surface area contributed by atoms with Crippen LogP contribution in [0, 0.1) is 0 Å². The van der Waals surface area contributed by atoms with Crippen LogP contribution in [0.25, 0.3) is 0 Å². The number of alkyl halides is 3. The first-order chi connectivity index (χ1) is 7.62. The van der Waals surface area contributed by atoms with E-state index in [-0.39, 0.29) is 8.68 Å². The number of rotatable bonds is 4. The number of thiophene rings is 1. The summed E-state index contributed by atoms with van der Waals surface area (Å²) in [5, 5.41) is 0. The van der Waals surface area contributed by atoms with E-state index < -0.39 is 22.8 Å². The molecular weight excluding hydrogens is 415 g/mol. The summed E-state index contributed by atoms with van der Waals surface area (Å²) >= 11 is 7.10. The smallest absolute Gasteiger partial charge is 0.277 e. The number of sulfonamides is 1. The lowest BCUT2D eigenvalue weighted by Gasteiger charge is -2.08. The summed E-state index contributed by atoms with van der Waals surface area (Å²) in [5.74, 6) is 0. The van der Waals surface area contributed by atoms with Crippen LogP contribution < -0.4 is 4.89 Å². The lowest BCUT2D eigenvalue weighted by molar-refractivity contribution is -0.181. The van der Waals surface area contributed by atoms with Crippen LogP contribution in [-0.2, 0) is 14.9 Å². The van der Waals surface area contributed by atoms with Crippen LogP contribution >= 0.6 is 43.2 Å². The second-order valence-electron chi connectivity index (χ2n) is 2.68. The number of halogens is 5. The average Bonchev–Trinajstić information content (AvgIpc) is 2.43. The molecule has 17 heavy (non-hydrogen) atoms. The van der Waals surface area contributed by atoms with Crippen molar-refractivity contribution in [2.24, 2.45) is 0 Å². The molecule has 0 aliphatic carbocycles. The third-order valence-electron chi connectivity index (χ3n) is 1.32. The van der Waals surface area contributed by atoms with Gasteiger partial charge in [0, 0.05) is 0 Å². The van der Waals surface area contributed by atoms with Gasteiger partial charge in [-0.05, 0) is 37.9 Å². The Morgan fingerprint density at radius 2 is 2.00 bits per heavy atom. The predicted octanol–water partition coefficient (Wildman–Crippen LogP) is 3.05. The van der Waals surface area contributed by atoms with Crippen molar-refractivity contribution in [3.05, 3.63) is 13.6 Å². The topological polar surface area (TPSA) is 55.4 Å². The lowest BCUT2D eigenvalue weighted by Crippen LogP contribution is -2.29. The summed E-state index contributed by atoms with van der Waals surface area (Å²) < 4.78 is 59.0. The minimum atomic E-state index is -4.60. The maximum atomic E-state index is 11.7. The molecule has 4 nitrogen and oxygen atoms in total. The van der Waals surface area contributed by atoms with Crippen molar-refractivity contribution >= 4 is 53.2 Å². The summed E-state index contributed by atoms with van der Waals surface area (Å²) in [4.78, 5) is 5.08. The minimum absolute atomic E-state index is 0.198.